The van der Waals surface area contributed by atoms with Crippen molar-refractivity contribution in [2.24, 2.45) is 5.73 Å². The average Bonchev–Trinajstić information content (AvgIpc) is 1.90. The number of nitrogens with two attached hydrogens (primary N) is 1. The zero-order chi connectivity index (χ0) is 6.69. The highest BCUT2D eigenvalue weighted by Crippen LogP contribution is 2.01. The van der Waals surface area contributed by atoms with E-state index in [-0.39, 0.29) is 6.10 Å². The molecule has 0 aromatic rings. The van der Waals surface area contributed by atoms with Crippen LogP contribution in [-0.4, -0.2) is 11.1 Å². The fourth-order valence-electron chi connectivity index (χ4n) is 0.548. The van der Waals surface area contributed by atoms with Gasteiger partial charge in [-0.15, -0.1) is 0 Å². The minimum atomic E-state index is -0.204. The van der Waals surface area contributed by atoms with Crippen molar-refractivity contribution in [3.8, 4) is 0 Å². The smallest absolute Gasteiger partial charge is 0.166 e. The minimum Gasteiger partial charge on any atom is -0.487 e. The van der Waals surface area contributed by atoms with Crippen LogP contribution in [0, 0.1) is 0 Å². The summed E-state index contributed by atoms with van der Waals surface area (Å²) in [6.07, 6.45) is 6.82. The van der Waals surface area contributed by atoms with Gasteiger partial charge in [0, 0.05) is 0 Å². The molecule has 2 nitrogen and oxygen atoms in total. The van der Waals surface area contributed by atoms with Crippen molar-refractivity contribution in [2.75, 3.05) is 0 Å². The van der Waals surface area contributed by atoms with Gasteiger partial charge in [0.2, 0.25) is 0 Å². The minimum absolute atomic E-state index is 0.204. The van der Waals surface area contributed by atoms with E-state index >= 15 is 0 Å². The molecule has 0 spiro atoms. The molecule has 0 saturated heterocycles. The highest BCUT2D eigenvalue weighted by atomic mass is 32.1. The van der Waals surface area contributed by atoms with Crippen LogP contribution in [0.2, 0.25) is 0 Å². The lowest BCUT2D eigenvalue weighted by Gasteiger charge is -2.11. The standard InChI is InChI=1S/C6H7NOS/c7-6(9)5-3-1-2-4-8-5/h1-5H,(H2,7,9). The lowest BCUT2D eigenvalue weighted by Crippen LogP contribution is -2.26. The van der Waals surface area contributed by atoms with Gasteiger partial charge in [-0.1, -0.05) is 18.3 Å². The van der Waals surface area contributed by atoms with Crippen LogP contribution < -0.4 is 5.73 Å². The van der Waals surface area contributed by atoms with E-state index < -0.39 is 0 Å². The van der Waals surface area contributed by atoms with Gasteiger partial charge in [0.25, 0.3) is 0 Å². The second-order valence-corrected chi connectivity index (χ2v) is 2.14. The van der Waals surface area contributed by atoms with Crippen LogP contribution in [0.3, 0.4) is 0 Å². The van der Waals surface area contributed by atoms with E-state index in [1.54, 1.807) is 12.3 Å². The summed E-state index contributed by atoms with van der Waals surface area (Å²) in [4.78, 5) is 0.371. The van der Waals surface area contributed by atoms with E-state index in [9.17, 15) is 0 Å². The molecule has 0 fully saturated rings. The molecule has 2 N–H and O–H groups in total. The van der Waals surface area contributed by atoms with Crippen LogP contribution in [0.25, 0.3) is 0 Å². The van der Waals surface area contributed by atoms with Crippen LogP contribution in [0.15, 0.2) is 24.5 Å². The van der Waals surface area contributed by atoms with Crippen LogP contribution >= 0.6 is 12.2 Å². The third-order valence-electron chi connectivity index (χ3n) is 0.981. The van der Waals surface area contributed by atoms with Gasteiger partial charge >= 0.3 is 0 Å². The molecule has 9 heavy (non-hydrogen) atoms. The van der Waals surface area contributed by atoms with Crippen LogP contribution in [0.5, 0.6) is 0 Å². The monoisotopic (exact) mass is 141 g/mol. The quantitative estimate of drug-likeness (QED) is 0.547. The summed E-state index contributed by atoms with van der Waals surface area (Å²) in [6.45, 7) is 0. The summed E-state index contributed by atoms with van der Waals surface area (Å²) < 4.78 is 5.01. The zero-order valence-electron chi connectivity index (χ0n) is 4.78. The topological polar surface area (TPSA) is 35.2 Å². The summed E-state index contributed by atoms with van der Waals surface area (Å²) in [6, 6.07) is 0. The molecule has 3 heteroatoms. The van der Waals surface area contributed by atoms with Gasteiger partial charge in [0.15, 0.2) is 6.10 Å². The second-order valence-electron chi connectivity index (χ2n) is 1.67. The van der Waals surface area contributed by atoms with Crippen molar-refractivity contribution >= 4 is 17.2 Å². The fourth-order valence-corrected chi connectivity index (χ4v) is 0.682. The summed E-state index contributed by atoms with van der Waals surface area (Å²) in [5.41, 5.74) is 5.29. The third-order valence-corrected chi connectivity index (χ3v) is 1.21. The zero-order valence-corrected chi connectivity index (χ0v) is 5.60. The van der Waals surface area contributed by atoms with E-state index in [2.05, 4.69) is 12.2 Å². The van der Waals surface area contributed by atoms with Crippen molar-refractivity contribution < 1.29 is 4.74 Å². The molecule has 1 unspecified atom stereocenters. The Morgan fingerprint density at radius 1 is 1.56 bits per heavy atom. The maximum absolute atomic E-state index is 5.29. The molecule has 0 bridgehead atoms. The predicted octanol–water partition coefficient (Wildman–Crippen LogP) is 0.741. The second kappa shape index (κ2) is 2.64. The Balaban J connectivity index is 2.56. The maximum Gasteiger partial charge on any atom is 0.166 e. The highest BCUT2D eigenvalue weighted by molar-refractivity contribution is 7.80. The summed E-state index contributed by atoms with van der Waals surface area (Å²) in [5, 5.41) is 0. The Morgan fingerprint density at radius 3 is 2.67 bits per heavy atom. The van der Waals surface area contributed by atoms with Crippen LogP contribution in [-0.2, 0) is 4.74 Å². The molecule has 0 amide bonds. The molecule has 1 rings (SSSR count). The lowest BCUT2D eigenvalue weighted by molar-refractivity contribution is 0.240. The molecule has 0 radical (unpaired) electrons. The molecule has 0 saturated carbocycles. The largest absolute Gasteiger partial charge is 0.487 e. The number of hydrogen-bond donors (Lipinski definition) is 1. The van der Waals surface area contributed by atoms with E-state index in [0.717, 1.165) is 0 Å². The Morgan fingerprint density at radius 2 is 2.33 bits per heavy atom. The van der Waals surface area contributed by atoms with Crippen LogP contribution in [0.4, 0.5) is 0 Å². The van der Waals surface area contributed by atoms with Gasteiger partial charge in [-0.25, -0.2) is 0 Å². The predicted molar refractivity (Wildman–Crippen MR) is 39.9 cm³/mol. The van der Waals surface area contributed by atoms with Crippen molar-refractivity contribution in [1.82, 2.24) is 0 Å². The number of rotatable bonds is 1. The Bertz CT molecular complexity index is 174. The Labute approximate surface area is 59.0 Å². The highest BCUT2D eigenvalue weighted by Gasteiger charge is 2.07. The number of allylic oxidation sites excluding steroid dienone is 2. The van der Waals surface area contributed by atoms with Gasteiger partial charge in [-0.3, -0.25) is 0 Å². The first kappa shape index (κ1) is 6.29. The number of hydrogen-bond acceptors (Lipinski definition) is 2. The first-order chi connectivity index (χ1) is 4.30. The van der Waals surface area contributed by atoms with Crippen LogP contribution in [0.1, 0.15) is 0 Å². The van der Waals surface area contributed by atoms with E-state index in [4.69, 9.17) is 10.5 Å². The van der Waals surface area contributed by atoms with E-state index in [1.165, 1.54) is 0 Å². The van der Waals surface area contributed by atoms with E-state index in [1.807, 2.05) is 12.2 Å². The number of thiocarbonyl (C=S) groups is 1. The lowest BCUT2D eigenvalue weighted by atomic mass is 10.3. The number of ether oxygens (including phenoxy) is 1. The Kier molecular flexibility index (Phi) is 1.85. The molecule has 0 aromatic carbocycles. The molecule has 1 heterocycles. The van der Waals surface area contributed by atoms with Crippen molar-refractivity contribution in [3.05, 3.63) is 24.5 Å². The van der Waals surface area contributed by atoms with Gasteiger partial charge in [-0.05, 0) is 12.2 Å². The molecular weight excluding hydrogens is 134 g/mol. The van der Waals surface area contributed by atoms with Gasteiger partial charge in [-0.2, -0.15) is 0 Å². The summed E-state index contributed by atoms with van der Waals surface area (Å²) in [7, 11) is 0. The Hall–Kier alpha value is -0.830. The van der Waals surface area contributed by atoms with Crippen molar-refractivity contribution in [2.45, 2.75) is 6.10 Å². The normalized spacial score (nSPS) is 23.3. The molecule has 1 aliphatic heterocycles. The van der Waals surface area contributed by atoms with Crippen molar-refractivity contribution in [3.63, 3.8) is 0 Å². The SMILES string of the molecule is NC(=S)C1C=CC=CO1. The molecule has 0 aromatic heterocycles. The first-order valence-corrected chi connectivity index (χ1v) is 2.99. The van der Waals surface area contributed by atoms with Gasteiger partial charge in [0.1, 0.15) is 4.99 Å². The molecular formula is C6H7NOS. The molecule has 48 valence electrons. The molecule has 1 aliphatic rings. The summed E-state index contributed by atoms with van der Waals surface area (Å²) in [5.74, 6) is 0. The average molecular weight is 141 g/mol. The van der Waals surface area contributed by atoms with Gasteiger partial charge < -0.3 is 10.5 Å². The molecule has 0 aliphatic carbocycles. The first-order valence-electron chi connectivity index (χ1n) is 2.59. The van der Waals surface area contributed by atoms with E-state index in [0.29, 0.717) is 4.99 Å². The maximum atomic E-state index is 5.29. The third kappa shape index (κ3) is 1.54. The molecule has 1 atom stereocenters. The summed E-state index contributed by atoms with van der Waals surface area (Å²) >= 11 is 4.68. The fraction of sp³-hybridized carbons (Fsp3) is 0.167. The van der Waals surface area contributed by atoms with Crippen molar-refractivity contribution in [1.29, 1.82) is 0 Å². The van der Waals surface area contributed by atoms with Gasteiger partial charge in [0.05, 0.1) is 6.26 Å².